The molecule has 1 aliphatic heterocycles. The van der Waals surface area contributed by atoms with E-state index in [2.05, 4.69) is 20.8 Å². The third-order valence-electron chi connectivity index (χ3n) is 4.13. The van der Waals surface area contributed by atoms with Crippen molar-refractivity contribution in [2.45, 2.75) is 52.7 Å². The van der Waals surface area contributed by atoms with Crippen LogP contribution in [0.15, 0.2) is 24.0 Å². The van der Waals surface area contributed by atoms with E-state index in [1.807, 2.05) is 19.1 Å². The molecule has 3 nitrogen and oxygen atoms in total. The van der Waals surface area contributed by atoms with Crippen molar-refractivity contribution in [2.24, 2.45) is 17.8 Å². The molecule has 3 atom stereocenters. The van der Waals surface area contributed by atoms with Gasteiger partial charge in [0.15, 0.2) is 0 Å². The average Bonchev–Trinajstić information content (AvgIpc) is 2.27. The molecule has 0 bridgehead atoms. The molecule has 2 aliphatic rings. The van der Waals surface area contributed by atoms with Gasteiger partial charge in [-0.2, -0.15) is 0 Å². The first-order valence-corrected chi connectivity index (χ1v) is 7.23. The van der Waals surface area contributed by atoms with Crippen LogP contribution in [-0.4, -0.2) is 11.8 Å². The van der Waals surface area contributed by atoms with Gasteiger partial charge in [0.2, 0.25) is 0 Å². The van der Waals surface area contributed by atoms with Crippen molar-refractivity contribution in [3.05, 3.63) is 24.0 Å². The zero-order valence-electron chi connectivity index (χ0n) is 12.3. The van der Waals surface area contributed by atoms with Crippen LogP contribution in [0.4, 0.5) is 0 Å². The van der Waals surface area contributed by atoms with Gasteiger partial charge >= 0.3 is 5.97 Å². The molecule has 1 heterocycles. The summed E-state index contributed by atoms with van der Waals surface area (Å²) in [6, 6.07) is 0. The Bertz CT molecular complexity index is 408. The molecule has 0 radical (unpaired) electrons. The Hall–Kier alpha value is -1.25. The van der Waals surface area contributed by atoms with Crippen LogP contribution in [-0.2, 0) is 14.3 Å². The molecule has 3 heteroatoms. The Morgan fingerprint density at radius 2 is 2.11 bits per heavy atom. The predicted octanol–water partition coefficient (Wildman–Crippen LogP) is 3.81. The number of carbonyl (C=O) groups is 1. The maximum atomic E-state index is 11.9. The van der Waals surface area contributed by atoms with Gasteiger partial charge in [0.25, 0.3) is 5.79 Å². The normalized spacial score (nSPS) is 35.4. The lowest BCUT2D eigenvalue weighted by Crippen LogP contribution is -2.52. The Kier molecular flexibility index (Phi) is 4.02. The summed E-state index contributed by atoms with van der Waals surface area (Å²) >= 11 is 0. The van der Waals surface area contributed by atoms with Crippen molar-refractivity contribution in [1.29, 1.82) is 0 Å². The lowest BCUT2D eigenvalue weighted by molar-refractivity contribution is -0.266. The maximum Gasteiger partial charge on any atom is 0.337 e. The summed E-state index contributed by atoms with van der Waals surface area (Å²) in [5.74, 6) is 0.809. The quantitative estimate of drug-likeness (QED) is 0.711. The molecule has 0 aromatic heterocycles. The van der Waals surface area contributed by atoms with Crippen LogP contribution < -0.4 is 0 Å². The lowest BCUT2D eigenvalue weighted by atomic mass is 9.72. The number of ether oxygens (including phenoxy) is 2. The Balaban J connectivity index is 2.32. The standard InChI is InChI=1S/C16H24O3/c1-5-6-13-9-15(17)19-16(18-13)10-12(4)7-8-14(16)11(2)3/h5-6,9,11-12,14H,7-8,10H2,1-4H3/b6-5+/t12-,14+,16+/m1/s1. The number of allylic oxidation sites excluding steroid dienone is 2. The molecule has 1 spiro atoms. The zero-order valence-corrected chi connectivity index (χ0v) is 12.3. The van der Waals surface area contributed by atoms with Crippen LogP contribution in [0.1, 0.15) is 47.0 Å². The highest BCUT2D eigenvalue weighted by molar-refractivity contribution is 5.84. The maximum absolute atomic E-state index is 11.9. The number of esters is 1. The molecule has 0 amide bonds. The molecule has 0 N–H and O–H groups in total. The second-order valence-corrected chi connectivity index (χ2v) is 6.12. The predicted molar refractivity (Wildman–Crippen MR) is 74.1 cm³/mol. The Morgan fingerprint density at radius 3 is 2.74 bits per heavy atom. The highest BCUT2D eigenvalue weighted by Gasteiger charge is 2.51. The van der Waals surface area contributed by atoms with Gasteiger partial charge in [0.05, 0.1) is 6.08 Å². The fourth-order valence-corrected chi connectivity index (χ4v) is 3.31. The van der Waals surface area contributed by atoms with Gasteiger partial charge in [0, 0.05) is 12.3 Å². The molecule has 1 aliphatic carbocycles. The number of rotatable bonds is 2. The van der Waals surface area contributed by atoms with Gasteiger partial charge in [-0.3, -0.25) is 0 Å². The van der Waals surface area contributed by atoms with E-state index in [1.54, 1.807) is 0 Å². The largest absolute Gasteiger partial charge is 0.452 e. The van der Waals surface area contributed by atoms with Crippen molar-refractivity contribution in [1.82, 2.24) is 0 Å². The fourth-order valence-electron chi connectivity index (χ4n) is 3.31. The summed E-state index contributed by atoms with van der Waals surface area (Å²) in [6.45, 7) is 8.46. The minimum Gasteiger partial charge on any atom is -0.452 e. The van der Waals surface area contributed by atoms with Crippen LogP contribution in [0.5, 0.6) is 0 Å². The van der Waals surface area contributed by atoms with Gasteiger partial charge in [-0.15, -0.1) is 0 Å². The van der Waals surface area contributed by atoms with Gasteiger partial charge in [-0.05, 0) is 37.7 Å². The summed E-state index contributed by atoms with van der Waals surface area (Å²) < 4.78 is 11.8. The Labute approximate surface area is 115 Å². The molecule has 106 valence electrons. The third-order valence-corrected chi connectivity index (χ3v) is 4.13. The summed E-state index contributed by atoms with van der Waals surface area (Å²) in [5, 5.41) is 0. The second-order valence-electron chi connectivity index (χ2n) is 6.12. The van der Waals surface area contributed by atoms with E-state index in [1.165, 1.54) is 12.5 Å². The summed E-state index contributed by atoms with van der Waals surface area (Å²) in [6.07, 6.45) is 8.16. The van der Waals surface area contributed by atoms with Gasteiger partial charge in [-0.25, -0.2) is 4.79 Å². The molecule has 0 unspecified atom stereocenters. The van der Waals surface area contributed by atoms with Gasteiger partial charge in [0.1, 0.15) is 5.76 Å². The fraction of sp³-hybridized carbons (Fsp3) is 0.688. The molecule has 1 fully saturated rings. The molecule has 1 saturated carbocycles. The smallest absolute Gasteiger partial charge is 0.337 e. The topological polar surface area (TPSA) is 35.5 Å². The van der Waals surface area contributed by atoms with Crippen molar-refractivity contribution in [2.75, 3.05) is 0 Å². The van der Waals surface area contributed by atoms with Crippen LogP contribution >= 0.6 is 0 Å². The highest BCUT2D eigenvalue weighted by Crippen LogP contribution is 2.46. The first-order valence-electron chi connectivity index (χ1n) is 7.23. The van der Waals surface area contributed by atoms with E-state index in [0.717, 1.165) is 12.8 Å². The van der Waals surface area contributed by atoms with E-state index in [0.29, 0.717) is 17.6 Å². The van der Waals surface area contributed by atoms with Crippen LogP contribution in [0.25, 0.3) is 0 Å². The number of hydrogen-bond acceptors (Lipinski definition) is 3. The molecule has 0 aromatic carbocycles. The summed E-state index contributed by atoms with van der Waals surface area (Å²) in [7, 11) is 0. The van der Waals surface area contributed by atoms with E-state index in [9.17, 15) is 4.79 Å². The average molecular weight is 264 g/mol. The van der Waals surface area contributed by atoms with E-state index >= 15 is 0 Å². The van der Waals surface area contributed by atoms with Crippen LogP contribution in [0.3, 0.4) is 0 Å². The van der Waals surface area contributed by atoms with Gasteiger partial charge in [-0.1, -0.05) is 26.8 Å². The molecule has 2 rings (SSSR count). The number of carbonyl (C=O) groups excluding carboxylic acids is 1. The minimum atomic E-state index is -0.757. The first-order chi connectivity index (χ1) is 8.97. The molecular formula is C16H24O3. The van der Waals surface area contributed by atoms with Crippen molar-refractivity contribution < 1.29 is 14.3 Å². The lowest BCUT2D eigenvalue weighted by Gasteiger charge is -2.47. The van der Waals surface area contributed by atoms with Gasteiger partial charge < -0.3 is 9.47 Å². The van der Waals surface area contributed by atoms with E-state index < -0.39 is 5.79 Å². The molecule has 0 aromatic rings. The number of hydrogen-bond donors (Lipinski definition) is 0. The highest BCUT2D eigenvalue weighted by atomic mass is 16.7. The van der Waals surface area contributed by atoms with Crippen LogP contribution in [0, 0.1) is 17.8 Å². The monoisotopic (exact) mass is 264 g/mol. The van der Waals surface area contributed by atoms with Crippen molar-refractivity contribution >= 4 is 5.97 Å². The Morgan fingerprint density at radius 1 is 1.37 bits per heavy atom. The zero-order chi connectivity index (χ0) is 14.0. The second kappa shape index (κ2) is 5.40. The van der Waals surface area contributed by atoms with Crippen molar-refractivity contribution in [3.8, 4) is 0 Å². The van der Waals surface area contributed by atoms with Crippen molar-refractivity contribution in [3.63, 3.8) is 0 Å². The first kappa shape index (κ1) is 14.2. The summed E-state index contributed by atoms with van der Waals surface area (Å²) in [4.78, 5) is 11.9. The third kappa shape index (κ3) is 2.85. The van der Waals surface area contributed by atoms with E-state index in [-0.39, 0.29) is 11.9 Å². The van der Waals surface area contributed by atoms with Crippen LogP contribution in [0.2, 0.25) is 0 Å². The molecular weight excluding hydrogens is 240 g/mol. The molecule has 0 saturated heterocycles. The summed E-state index contributed by atoms with van der Waals surface area (Å²) in [5.41, 5.74) is 0. The van der Waals surface area contributed by atoms with E-state index in [4.69, 9.17) is 9.47 Å². The SMILES string of the molecule is C/C=C/C1=CC(=O)O[C@]2(C[C@H](C)CC[C@H]2C(C)C)O1. The minimum absolute atomic E-state index is 0.265. The molecule has 19 heavy (non-hydrogen) atoms.